The maximum atomic E-state index is 14.3. The van der Waals surface area contributed by atoms with Crippen LogP contribution in [-0.4, -0.2) is 168 Å². The number of Topliss-reactive ketones (excluding diaryl/α,β-unsaturated/α-hetero) is 3. The minimum absolute atomic E-state index is 0.0181. The molecule has 2 aromatic carbocycles. The van der Waals surface area contributed by atoms with E-state index in [-0.39, 0.29) is 36.2 Å². The van der Waals surface area contributed by atoms with Crippen LogP contribution in [0.2, 0.25) is 0 Å². The predicted octanol–water partition coefficient (Wildman–Crippen LogP) is 2.43. The molecule has 2 amide bonds. The topological polar surface area (TPSA) is 318 Å². The molecule has 4 saturated carbocycles. The maximum absolute atomic E-state index is 14.3. The summed E-state index contributed by atoms with van der Waals surface area (Å²) in [5, 5.41) is 65.3. The standard InChI is InChI=1S/C54H65N7O15/c1-26(52(69)60-18-8-9-29(22-60)61-51-43(50(55)56-25-57-51)44(59-61)28-14-16-31(17-15-28)75-30-10-5-4-6-11-30)24-73-53(70)58-34-19-38(74-27(2)45(34)64)76-36-21-54(71,37(63)23-62)20-33-40(36)49(68)42-41(47(33)66)46(65)32-12-7-13-35(72-3)39(32)48(42)67/h4-6,10-11,14-17,25,27,29,32-36,38-42,45,47,49,62,64,66,68,71H,1,7-9,12-13,18-24H2,2-3H3,(H,58,70)(H2,55,56,57)/t27-,29-,32?,33?,34-,35?,36-,38-,39?,40?,41?,42?,45+,47?,49?,54-/m1/s1. The normalized spacial score (nSPS) is 34.4. The van der Waals surface area contributed by atoms with Crippen LogP contribution in [0.3, 0.4) is 0 Å². The lowest BCUT2D eigenvalue weighted by molar-refractivity contribution is -0.281. The predicted molar refractivity (Wildman–Crippen MR) is 268 cm³/mol. The Kier molecular flexibility index (Phi) is 15.1. The monoisotopic (exact) mass is 1050 g/mol. The number of carbonyl (C=O) groups excluding carboxylic acids is 5. The van der Waals surface area contributed by atoms with Crippen molar-refractivity contribution in [2.45, 2.75) is 119 Å². The number of hydrogen-bond acceptors (Lipinski definition) is 19. The van der Waals surface area contributed by atoms with Gasteiger partial charge in [-0.2, -0.15) is 5.10 Å². The Balaban J connectivity index is 0.784. The molecule has 22 heteroatoms. The molecule has 2 saturated heterocycles. The van der Waals surface area contributed by atoms with Crippen LogP contribution in [0.15, 0.2) is 73.1 Å². The summed E-state index contributed by atoms with van der Waals surface area (Å²) in [4.78, 5) is 79.3. The van der Waals surface area contributed by atoms with Crippen LogP contribution in [0, 0.1) is 35.5 Å². The first-order chi connectivity index (χ1) is 36.5. The van der Waals surface area contributed by atoms with E-state index in [1.807, 2.05) is 54.6 Å². The Morgan fingerprint density at radius 2 is 1.64 bits per heavy atom. The van der Waals surface area contributed by atoms with Crippen molar-refractivity contribution in [3.63, 3.8) is 0 Å². The number of ketones is 3. The number of nitrogens with zero attached hydrogens (tertiary/aromatic N) is 5. The molecule has 16 atom stereocenters. The van der Waals surface area contributed by atoms with E-state index in [0.717, 1.165) is 5.56 Å². The number of carbonyl (C=O) groups is 5. The Bertz CT molecular complexity index is 2850. The molecule has 406 valence electrons. The number of nitrogens with two attached hydrogens (primary N) is 1. The lowest BCUT2D eigenvalue weighted by atomic mass is 9.49. The van der Waals surface area contributed by atoms with Crippen molar-refractivity contribution in [2.75, 3.05) is 39.1 Å². The average molecular weight is 1050 g/mol. The summed E-state index contributed by atoms with van der Waals surface area (Å²) in [5.41, 5.74) is 5.96. The number of aliphatic hydroxyl groups is 5. The second-order valence-corrected chi connectivity index (χ2v) is 21.3. The van der Waals surface area contributed by atoms with Crippen molar-refractivity contribution in [2.24, 2.45) is 35.5 Å². The van der Waals surface area contributed by atoms with Gasteiger partial charge in [-0.1, -0.05) is 31.2 Å². The minimum atomic E-state index is -2.26. The van der Waals surface area contributed by atoms with Crippen LogP contribution in [0.25, 0.3) is 22.3 Å². The van der Waals surface area contributed by atoms with Gasteiger partial charge in [0.05, 0.1) is 65.7 Å². The van der Waals surface area contributed by atoms with E-state index in [0.29, 0.717) is 66.9 Å². The minimum Gasteiger partial charge on any atom is -0.457 e. The molecule has 6 aliphatic rings. The van der Waals surface area contributed by atoms with Crippen LogP contribution >= 0.6 is 0 Å². The van der Waals surface area contributed by atoms with Gasteiger partial charge < -0.3 is 65.2 Å². The number of nitrogen functional groups attached to an aromatic ring is 1. The SMILES string of the molecule is C=C(COC(=O)N[C@@H]1C[C@@H](O[C@@H]2C[C@@](O)(C(=O)CO)CC3C(O)C4C(=O)C5CCCC(OC)C5C(=O)C4C(O)C32)O[C@H](C)[C@@H]1O)C(=O)N1CCC[C@@H](n2nc(-c3ccc(Oc4ccccc4)cc3)c3c(N)ncnc32)C1. The van der Waals surface area contributed by atoms with Crippen LogP contribution < -0.4 is 15.8 Å². The van der Waals surface area contributed by atoms with E-state index in [1.54, 1.807) is 9.58 Å². The molecule has 10 rings (SSSR count). The van der Waals surface area contributed by atoms with Crippen molar-refractivity contribution in [3.05, 3.63) is 73.1 Å². The summed E-state index contributed by atoms with van der Waals surface area (Å²) in [6, 6.07) is 15.4. The molecular formula is C54H65N7O15. The number of aromatic nitrogens is 4. The highest BCUT2D eigenvalue weighted by Crippen LogP contribution is 2.55. The Morgan fingerprint density at radius 1 is 0.908 bits per heavy atom. The molecule has 0 spiro atoms. The Morgan fingerprint density at radius 3 is 2.38 bits per heavy atom. The summed E-state index contributed by atoms with van der Waals surface area (Å²) in [6.45, 7) is 4.54. The van der Waals surface area contributed by atoms with Crippen molar-refractivity contribution in [1.82, 2.24) is 30.0 Å². The van der Waals surface area contributed by atoms with Crippen LogP contribution in [-0.2, 0) is 38.1 Å². The summed E-state index contributed by atoms with van der Waals surface area (Å²) in [7, 11) is 1.47. The van der Waals surface area contributed by atoms with Crippen LogP contribution in [0.4, 0.5) is 10.6 Å². The Labute approximate surface area is 437 Å². The Hall–Kier alpha value is -6.24. The molecule has 0 bridgehead atoms. The lowest BCUT2D eigenvalue weighted by Crippen LogP contribution is -2.69. The number of likely N-dealkylation sites (tertiary alicyclic amines) is 1. The molecule has 0 radical (unpaired) electrons. The van der Waals surface area contributed by atoms with Crippen molar-refractivity contribution in [1.29, 1.82) is 0 Å². The highest BCUT2D eigenvalue weighted by atomic mass is 16.7. The van der Waals surface area contributed by atoms with E-state index in [2.05, 4.69) is 21.9 Å². The maximum Gasteiger partial charge on any atom is 0.407 e. The first-order valence-electron chi connectivity index (χ1n) is 26.0. The molecule has 6 fully saturated rings. The third-order valence-corrected chi connectivity index (χ3v) is 16.8. The zero-order chi connectivity index (χ0) is 53.7. The summed E-state index contributed by atoms with van der Waals surface area (Å²) in [5.74, 6) is -7.01. The van der Waals surface area contributed by atoms with Gasteiger partial charge in [0, 0.05) is 56.0 Å². The summed E-state index contributed by atoms with van der Waals surface area (Å²) >= 11 is 0. The van der Waals surface area contributed by atoms with Crippen molar-refractivity contribution >= 4 is 46.2 Å². The lowest BCUT2D eigenvalue weighted by Gasteiger charge is -2.58. The second-order valence-electron chi connectivity index (χ2n) is 21.3. The first kappa shape index (κ1) is 53.2. The van der Waals surface area contributed by atoms with Crippen LogP contribution in [0.5, 0.6) is 11.5 Å². The highest BCUT2D eigenvalue weighted by Gasteiger charge is 2.66. The van der Waals surface area contributed by atoms with E-state index in [1.165, 1.54) is 20.4 Å². The van der Waals surface area contributed by atoms with Gasteiger partial charge in [-0.25, -0.2) is 19.4 Å². The molecule has 4 heterocycles. The zero-order valence-electron chi connectivity index (χ0n) is 42.3. The fraction of sp³-hybridized carbons (Fsp3) is 0.556. The molecular weight excluding hydrogens is 987 g/mol. The average Bonchev–Trinajstić information content (AvgIpc) is 3.88. The largest absolute Gasteiger partial charge is 0.457 e. The molecule has 4 aliphatic carbocycles. The number of hydrogen-bond donors (Lipinski definition) is 7. The van der Waals surface area contributed by atoms with Gasteiger partial charge in [-0.3, -0.25) is 19.2 Å². The quantitative estimate of drug-likeness (QED) is 0.0946. The number of para-hydroxylation sites is 1. The number of amides is 2. The van der Waals surface area contributed by atoms with Gasteiger partial charge in [-0.15, -0.1) is 0 Å². The molecule has 76 heavy (non-hydrogen) atoms. The fourth-order valence-electron chi connectivity index (χ4n) is 13.1. The van der Waals surface area contributed by atoms with Crippen LogP contribution in [0.1, 0.15) is 64.3 Å². The van der Waals surface area contributed by atoms with Gasteiger partial charge in [0.25, 0.3) is 5.91 Å². The molecule has 9 unspecified atom stereocenters. The second kappa shape index (κ2) is 21.6. The van der Waals surface area contributed by atoms with E-state index < -0.39 is 140 Å². The number of piperidine rings is 1. The first-order valence-corrected chi connectivity index (χ1v) is 26.0. The molecule has 2 aromatic heterocycles. The number of methoxy groups -OCH3 is 1. The third-order valence-electron chi connectivity index (χ3n) is 16.8. The number of benzene rings is 2. The third kappa shape index (κ3) is 9.89. The number of anilines is 1. The molecule has 22 nitrogen and oxygen atoms in total. The molecule has 4 aromatic rings. The number of fused-ring (bicyclic) bond motifs is 4. The zero-order valence-corrected chi connectivity index (χ0v) is 42.3. The summed E-state index contributed by atoms with van der Waals surface area (Å²) < 4.78 is 31.3. The molecule has 2 aliphatic heterocycles. The highest BCUT2D eigenvalue weighted by molar-refractivity contribution is 6.01. The number of alkyl carbamates (subject to hydrolysis) is 1. The molecule has 8 N–H and O–H groups in total. The van der Waals surface area contributed by atoms with E-state index in [9.17, 15) is 49.5 Å². The number of ether oxygens (including phenoxy) is 5. The van der Waals surface area contributed by atoms with Gasteiger partial charge >= 0.3 is 6.09 Å². The van der Waals surface area contributed by atoms with Gasteiger partial charge in [-0.05, 0) is 81.3 Å². The number of rotatable bonds is 13. The van der Waals surface area contributed by atoms with Crippen molar-refractivity contribution in [3.8, 4) is 22.8 Å². The number of nitrogens with one attached hydrogen (secondary N) is 1. The van der Waals surface area contributed by atoms with E-state index in [4.69, 9.17) is 34.5 Å². The smallest absolute Gasteiger partial charge is 0.407 e. The van der Waals surface area contributed by atoms with Gasteiger partial charge in [0.15, 0.2) is 17.7 Å². The fourth-order valence-corrected chi connectivity index (χ4v) is 13.1. The summed E-state index contributed by atoms with van der Waals surface area (Å²) in [6.07, 6.45) is -6.38. The van der Waals surface area contributed by atoms with Gasteiger partial charge in [0.2, 0.25) is 0 Å². The van der Waals surface area contributed by atoms with E-state index >= 15 is 0 Å². The number of aliphatic hydroxyl groups excluding tert-OH is 4. The van der Waals surface area contributed by atoms with Crippen molar-refractivity contribution < 1.29 is 73.2 Å². The van der Waals surface area contributed by atoms with Gasteiger partial charge in [0.1, 0.15) is 65.8 Å².